The molecule has 0 saturated carbocycles. The molecule has 1 heterocycles. The number of rotatable bonds is 3. The van der Waals surface area contributed by atoms with Crippen molar-refractivity contribution in [1.29, 1.82) is 0 Å². The van der Waals surface area contributed by atoms with Crippen LogP contribution in [0.4, 0.5) is 0 Å². The predicted molar refractivity (Wildman–Crippen MR) is 82.5 cm³/mol. The molecule has 22 heavy (non-hydrogen) atoms. The van der Waals surface area contributed by atoms with Crippen molar-refractivity contribution in [2.24, 2.45) is 0 Å². The Morgan fingerprint density at radius 2 is 1.82 bits per heavy atom. The van der Waals surface area contributed by atoms with Crippen molar-refractivity contribution in [2.45, 2.75) is 11.4 Å². The molecule has 0 aliphatic carbocycles. The third kappa shape index (κ3) is 2.80. The minimum absolute atomic E-state index is 0.257. The van der Waals surface area contributed by atoms with Crippen LogP contribution in [0, 0.1) is 0 Å². The maximum absolute atomic E-state index is 12.8. The van der Waals surface area contributed by atoms with Gasteiger partial charge in [-0.05, 0) is 30.3 Å². The first kappa shape index (κ1) is 14.9. The maximum Gasteiger partial charge on any atom is 0.243 e. The smallest absolute Gasteiger partial charge is 0.243 e. The van der Waals surface area contributed by atoms with Crippen LogP contribution >= 0.6 is 0 Å². The molecule has 2 aromatic rings. The SMILES string of the molecule is COc1ccc(S(=O)(=O)N2CCOc3ccccc3C2)cc1. The number of hydrogen-bond donors (Lipinski definition) is 0. The van der Waals surface area contributed by atoms with E-state index < -0.39 is 10.0 Å². The fraction of sp³-hybridized carbons (Fsp3) is 0.250. The van der Waals surface area contributed by atoms with E-state index in [0.717, 1.165) is 11.3 Å². The van der Waals surface area contributed by atoms with Gasteiger partial charge < -0.3 is 9.47 Å². The van der Waals surface area contributed by atoms with Crippen LogP contribution < -0.4 is 9.47 Å². The molecule has 0 saturated heterocycles. The molecule has 2 aromatic carbocycles. The van der Waals surface area contributed by atoms with Gasteiger partial charge in [-0.15, -0.1) is 0 Å². The van der Waals surface area contributed by atoms with E-state index in [1.165, 1.54) is 4.31 Å². The summed E-state index contributed by atoms with van der Waals surface area (Å²) >= 11 is 0. The Balaban J connectivity index is 1.91. The van der Waals surface area contributed by atoms with Crippen LogP contribution in [0.3, 0.4) is 0 Å². The van der Waals surface area contributed by atoms with E-state index in [1.54, 1.807) is 31.4 Å². The Labute approximate surface area is 130 Å². The van der Waals surface area contributed by atoms with Gasteiger partial charge in [0, 0.05) is 18.7 Å². The van der Waals surface area contributed by atoms with Gasteiger partial charge in [0.1, 0.15) is 18.1 Å². The van der Waals surface area contributed by atoms with Crippen LogP contribution in [-0.2, 0) is 16.6 Å². The lowest BCUT2D eigenvalue weighted by Crippen LogP contribution is -2.32. The van der Waals surface area contributed by atoms with Crippen molar-refractivity contribution in [3.05, 3.63) is 54.1 Å². The van der Waals surface area contributed by atoms with Gasteiger partial charge in [-0.3, -0.25) is 0 Å². The summed E-state index contributed by atoms with van der Waals surface area (Å²) in [6, 6.07) is 13.9. The zero-order chi connectivity index (χ0) is 15.6. The van der Waals surface area contributed by atoms with E-state index in [4.69, 9.17) is 9.47 Å². The summed E-state index contributed by atoms with van der Waals surface area (Å²) in [5, 5.41) is 0. The van der Waals surface area contributed by atoms with Gasteiger partial charge in [-0.1, -0.05) is 18.2 Å². The van der Waals surface area contributed by atoms with Gasteiger partial charge in [0.2, 0.25) is 10.0 Å². The molecule has 0 spiro atoms. The first-order valence-corrected chi connectivity index (χ1v) is 8.40. The van der Waals surface area contributed by atoms with E-state index in [2.05, 4.69) is 0 Å². The van der Waals surface area contributed by atoms with Gasteiger partial charge in [-0.25, -0.2) is 8.42 Å². The number of para-hydroxylation sites is 1. The third-order valence-electron chi connectivity index (χ3n) is 3.61. The highest BCUT2D eigenvalue weighted by Crippen LogP contribution is 2.27. The summed E-state index contributed by atoms with van der Waals surface area (Å²) in [4.78, 5) is 0.257. The standard InChI is InChI=1S/C16H17NO4S/c1-20-14-6-8-15(9-7-14)22(18,19)17-10-11-21-16-5-3-2-4-13(16)12-17/h2-9H,10-12H2,1H3. The summed E-state index contributed by atoms with van der Waals surface area (Å²) in [5.74, 6) is 1.37. The Morgan fingerprint density at radius 1 is 1.09 bits per heavy atom. The number of sulfonamides is 1. The normalized spacial score (nSPS) is 15.5. The molecule has 0 aromatic heterocycles. The lowest BCUT2D eigenvalue weighted by molar-refractivity contribution is 0.293. The number of hydrogen-bond acceptors (Lipinski definition) is 4. The van der Waals surface area contributed by atoms with Gasteiger partial charge in [0.15, 0.2) is 0 Å². The fourth-order valence-electron chi connectivity index (χ4n) is 2.40. The molecule has 0 N–H and O–H groups in total. The number of nitrogens with zero attached hydrogens (tertiary/aromatic N) is 1. The molecule has 3 rings (SSSR count). The van der Waals surface area contributed by atoms with Crippen LogP contribution in [-0.4, -0.2) is 33.0 Å². The predicted octanol–water partition coefficient (Wildman–Crippen LogP) is 2.28. The molecule has 0 bridgehead atoms. The van der Waals surface area contributed by atoms with Crippen molar-refractivity contribution in [3.8, 4) is 11.5 Å². The summed E-state index contributed by atoms with van der Waals surface area (Å²) in [6.07, 6.45) is 0. The average Bonchev–Trinajstić information content (AvgIpc) is 2.77. The van der Waals surface area contributed by atoms with Crippen LogP contribution in [0.2, 0.25) is 0 Å². The van der Waals surface area contributed by atoms with Gasteiger partial charge in [-0.2, -0.15) is 4.31 Å². The lowest BCUT2D eigenvalue weighted by atomic mass is 10.2. The lowest BCUT2D eigenvalue weighted by Gasteiger charge is -2.19. The van der Waals surface area contributed by atoms with E-state index in [1.807, 2.05) is 24.3 Å². The highest BCUT2D eigenvalue weighted by Gasteiger charge is 2.27. The molecule has 0 amide bonds. The average molecular weight is 319 g/mol. The molecule has 5 nitrogen and oxygen atoms in total. The quantitative estimate of drug-likeness (QED) is 0.871. The Bertz CT molecular complexity index is 756. The minimum Gasteiger partial charge on any atom is -0.497 e. The molecule has 1 aliphatic heterocycles. The van der Waals surface area contributed by atoms with Gasteiger partial charge >= 0.3 is 0 Å². The second-order valence-corrected chi connectivity index (χ2v) is 6.91. The zero-order valence-corrected chi connectivity index (χ0v) is 13.0. The van der Waals surface area contributed by atoms with Crippen LogP contribution in [0.25, 0.3) is 0 Å². The molecule has 0 radical (unpaired) electrons. The largest absolute Gasteiger partial charge is 0.497 e. The topological polar surface area (TPSA) is 55.8 Å². The van der Waals surface area contributed by atoms with Crippen molar-refractivity contribution in [1.82, 2.24) is 4.31 Å². The Hall–Kier alpha value is -2.05. The summed E-state index contributed by atoms with van der Waals surface area (Å²) in [7, 11) is -2.01. The Morgan fingerprint density at radius 3 is 2.55 bits per heavy atom. The van der Waals surface area contributed by atoms with Crippen molar-refractivity contribution >= 4 is 10.0 Å². The van der Waals surface area contributed by atoms with E-state index in [9.17, 15) is 8.42 Å². The van der Waals surface area contributed by atoms with E-state index >= 15 is 0 Å². The van der Waals surface area contributed by atoms with E-state index in [0.29, 0.717) is 25.4 Å². The highest BCUT2D eigenvalue weighted by atomic mass is 32.2. The van der Waals surface area contributed by atoms with Crippen LogP contribution in [0.15, 0.2) is 53.4 Å². The summed E-state index contributed by atoms with van der Waals surface area (Å²) in [6.45, 7) is 0.972. The first-order chi connectivity index (χ1) is 10.6. The van der Waals surface area contributed by atoms with Crippen LogP contribution in [0.5, 0.6) is 11.5 Å². The first-order valence-electron chi connectivity index (χ1n) is 6.96. The molecule has 0 fully saturated rings. The fourth-order valence-corrected chi connectivity index (χ4v) is 3.81. The highest BCUT2D eigenvalue weighted by molar-refractivity contribution is 7.89. The zero-order valence-electron chi connectivity index (χ0n) is 12.2. The number of benzene rings is 2. The molecule has 6 heteroatoms. The van der Waals surface area contributed by atoms with Gasteiger partial charge in [0.05, 0.1) is 12.0 Å². The second-order valence-electron chi connectivity index (χ2n) is 4.97. The minimum atomic E-state index is -3.56. The maximum atomic E-state index is 12.8. The number of methoxy groups -OCH3 is 1. The van der Waals surface area contributed by atoms with Crippen molar-refractivity contribution < 1.29 is 17.9 Å². The third-order valence-corrected chi connectivity index (χ3v) is 5.47. The molecule has 0 unspecified atom stereocenters. The van der Waals surface area contributed by atoms with Gasteiger partial charge in [0.25, 0.3) is 0 Å². The molecule has 116 valence electrons. The number of ether oxygens (including phenoxy) is 2. The van der Waals surface area contributed by atoms with E-state index in [-0.39, 0.29) is 4.90 Å². The second kappa shape index (κ2) is 5.98. The Kier molecular flexibility index (Phi) is 4.04. The molecule has 1 aliphatic rings. The van der Waals surface area contributed by atoms with Crippen molar-refractivity contribution in [3.63, 3.8) is 0 Å². The monoisotopic (exact) mass is 319 g/mol. The molecular formula is C16H17NO4S. The van der Waals surface area contributed by atoms with Crippen molar-refractivity contribution in [2.75, 3.05) is 20.3 Å². The van der Waals surface area contributed by atoms with Crippen LogP contribution in [0.1, 0.15) is 5.56 Å². The summed E-state index contributed by atoms with van der Waals surface area (Å²) < 4.78 is 37.7. The molecular weight excluding hydrogens is 302 g/mol. The molecule has 0 atom stereocenters. The summed E-state index contributed by atoms with van der Waals surface area (Å²) in [5.41, 5.74) is 0.872. The number of fused-ring (bicyclic) bond motifs is 1.